The molecule has 0 aliphatic heterocycles. The number of benzene rings is 9. The second-order valence-electron chi connectivity index (χ2n) is 36.7. The molecule has 0 heterocycles. The Kier molecular flexibility index (Phi) is 26.8. The van der Waals surface area contributed by atoms with E-state index in [1.54, 1.807) is 0 Å². The van der Waals surface area contributed by atoms with Crippen LogP contribution in [-0.2, 0) is 0 Å². The van der Waals surface area contributed by atoms with Crippen LogP contribution >= 0.6 is 0 Å². The lowest BCUT2D eigenvalue weighted by Crippen LogP contribution is -2.38. The van der Waals surface area contributed by atoms with Crippen molar-refractivity contribution in [2.75, 3.05) is 26.4 Å². The summed E-state index contributed by atoms with van der Waals surface area (Å²) in [7, 11) is 0. The molecule has 4 nitrogen and oxygen atoms in total. The molecule has 118 heavy (non-hydrogen) atoms. The van der Waals surface area contributed by atoms with Crippen LogP contribution in [0.25, 0.3) is 0 Å². The molecular weight excluding hydrogens is 1430 g/mol. The van der Waals surface area contributed by atoms with Crippen LogP contribution in [0.2, 0.25) is 0 Å². The fraction of sp³-hybridized carbons (Fsp3) is 0.491. The molecule has 0 radical (unpaired) electrons. The summed E-state index contributed by atoms with van der Waals surface area (Å²) in [4.78, 5) is 0. The van der Waals surface area contributed by atoms with Crippen molar-refractivity contribution in [1.82, 2.24) is 0 Å². The first-order valence-corrected chi connectivity index (χ1v) is 48.3. The third kappa shape index (κ3) is 15.5. The zero-order chi connectivity index (χ0) is 80.3. The van der Waals surface area contributed by atoms with Crippen LogP contribution in [0.3, 0.4) is 0 Å². The predicted octanol–water partition coefficient (Wildman–Crippen LogP) is 30.8. The topological polar surface area (TPSA) is 36.9 Å². The minimum absolute atomic E-state index is 0.00314. The number of hydrogen-bond acceptors (Lipinski definition) is 4. The van der Waals surface area contributed by atoms with Gasteiger partial charge in [-0.2, -0.15) is 0 Å². The number of ether oxygens (including phenoxy) is 4. The summed E-state index contributed by atoms with van der Waals surface area (Å²) in [6.07, 6.45) is 66.2. The highest BCUT2D eigenvalue weighted by Crippen LogP contribution is 2.72. The fourth-order valence-corrected chi connectivity index (χ4v) is 23.7. The Bertz CT molecular complexity index is 5040. The number of rotatable bonds is 48. The van der Waals surface area contributed by atoms with E-state index in [4.69, 9.17) is 31.8 Å². The van der Waals surface area contributed by atoms with E-state index in [1.165, 1.54) is 345 Å². The lowest BCUT2D eigenvalue weighted by Gasteiger charge is -2.52. The van der Waals surface area contributed by atoms with Crippen molar-refractivity contribution in [2.45, 2.75) is 332 Å². The summed E-state index contributed by atoms with van der Waals surface area (Å²) >= 11 is 0. The van der Waals surface area contributed by atoms with Crippen molar-refractivity contribution in [3.8, 4) is 47.7 Å². The molecule has 0 fully saturated rings. The molecule has 6 atom stereocenters. The van der Waals surface area contributed by atoms with Gasteiger partial charge in [-0.1, -0.05) is 404 Å². The summed E-state index contributed by atoms with van der Waals surface area (Å²) < 4.78 is 30.9. The largest absolute Gasteiger partial charge is 0.494 e. The summed E-state index contributed by atoms with van der Waals surface area (Å²) in [6, 6.07) is 56.8. The molecule has 9 aromatic rings. The standard InChI is InChI=1S/C114H134O4/c1-7-13-17-21-25-29-33-37-41-55-71-115-77-69-70-90-91(75-77)97-81-60-46-45-59-80(81)94(90)92-76-93-98-86-65-51-52-66-87(86)103(107(93)112(106(92)97)116-72-56-42-38-34-30-26-22-18-14-8-2)100-79(12-6)102-101(78(11-5)99(98)100)104-88-67-53-54-68-89(88)105(102)111-110(104)113(117-73-57-43-39-35-31-27-23-19-15-9-3)108-95-82-61-47-49-63-84(82)96(85-64-50-48-62-83(85)95)109(108)114(111)118-74-58-44-40-36-32-28-24-20-16-10-4/h5-6,45-54,59-70,75-76,94-98,103-105H,7-10,13-44,55-58,71-74H2,1-4H3/t94?,95?,96?,97?,98-,103-,104-,105+/m1/s1. The third-order valence-electron chi connectivity index (χ3n) is 29.2. The molecule has 12 aliphatic rings. The first-order valence-electron chi connectivity index (χ1n) is 48.3. The van der Waals surface area contributed by atoms with Gasteiger partial charge in [0, 0.05) is 91.9 Å². The van der Waals surface area contributed by atoms with Gasteiger partial charge in [0.15, 0.2) is 0 Å². The Morgan fingerprint density at radius 3 is 0.746 bits per heavy atom. The lowest BCUT2D eigenvalue weighted by atomic mass is 9.51. The molecule has 0 saturated carbocycles. The van der Waals surface area contributed by atoms with Crippen LogP contribution in [0.15, 0.2) is 146 Å². The van der Waals surface area contributed by atoms with Gasteiger partial charge >= 0.3 is 0 Å². The molecule has 9 aromatic carbocycles. The van der Waals surface area contributed by atoms with E-state index in [1.807, 2.05) is 0 Å². The maximum Gasteiger partial charge on any atom is 0.128 e. The highest BCUT2D eigenvalue weighted by atomic mass is 16.5. The van der Waals surface area contributed by atoms with Crippen molar-refractivity contribution in [1.29, 1.82) is 0 Å². The van der Waals surface area contributed by atoms with E-state index in [-0.39, 0.29) is 47.3 Å². The summed E-state index contributed by atoms with van der Waals surface area (Å²) in [5, 5.41) is 0. The Labute approximate surface area is 710 Å². The molecular formula is C114H134O4. The molecule has 614 valence electrons. The van der Waals surface area contributed by atoms with Crippen LogP contribution in [0.5, 0.6) is 23.0 Å². The number of unbranched alkanes of at least 4 members (excludes halogenated alkanes) is 36. The predicted molar refractivity (Wildman–Crippen MR) is 491 cm³/mol. The molecule has 12 aliphatic carbocycles. The zero-order valence-corrected chi connectivity index (χ0v) is 72.4. The van der Waals surface area contributed by atoms with E-state index in [0.29, 0.717) is 19.8 Å². The van der Waals surface area contributed by atoms with Crippen LogP contribution in [-0.4, -0.2) is 26.4 Å². The normalized spacial score (nSPS) is 18.5. The maximum atomic E-state index is 8.01. The molecule has 0 spiro atoms. The first kappa shape index (κ1) is 81.7. The smallest absolute Gasteiger partial charge is 0.128 e. The van der Waals surface area contributed by atoms with Crippen molar-refractivity contribution < 1.29 is 18.9 Å². The Morgan fingerprint density at radius 2 is 0.424 bits per heavy atom. The first-order chi connectivity index (χ1) is 58.6. The van der Waals surface area contributed by atoms with Crippen LogP contribution in [0.4, 0.5) is 0 Å². The average Bonchev–Trinajstić information content (AvgIpc) is 0.650. The minimum Gasteiger partial charge on any atom is -0.494 e. The Hall–Kier alpha value is -8.70. The van der Waals surface area contributed by atoms with E-state index in [2.05, 4.69) is 185 Å². The van der Waals surface area contributed by atoms with Gasteiger partial charge in [0.2, 0.25) is 0 Å². The van der Waals surface area contributed by atoms with Gasteiger partial charge in [-0.05, 0) is 138 Å². The van der Waals surface area contributed by atoms with Crippen molar-refractivity contribution >= 4 is 0 Å². The number of terminal acetylenes is 2. The highest BCUT2D eigenvalue weighted by molar-refractivity contribution is 5.88. The van der Waals surface area contributed by atoms with E-state index >= 15 is 0 Å². The van der Waals surface area contributed by atoms with Gasteiger partial charge in [0.25, 0.3) is 0 Å². The van der Waals surface area contributed by atoms with Gasteiger partial charge in [-0.3, -0.25) is 0 Å². The quantitative estimate of drug-likeness (QED) is 0.0281. The van der Waals surface area contributed by atoms with Crippen molar-refractivity contribution in [3.63, 3.8) is 0 Å². The second-order valence-corrected chi connectivity index (χ2v) is 36.7. The molecule has 21 rings (SSSR count). The molecule has 0 N–H and O–H groups in total. The maximum absolute atomic E-state index is 8.01. The average molecular weight is 1570 g/mol. The van der Waals surface area contributed by atoms with E-state index in [9.17, 15) is 0 Å². The van der Waals surface area contributed by atoms with Crippen LogP contribution in [0, 0.1) is 24.7 Å². The molecule has 0 aromatic heterocycles. The fourth-order valence-electron chi connectivity index (χ4n) is 23.7. The summed E-state index contributed by atoms with van der Waals surface area (Å²) in [5.74, 6) is 10.4. The second kappa shape index (κ2) is 38.8. The Morgan fingerprint density at radius 1 is 0.203 bits per heavy atom. The zero-order valence-electron chi connectivity index (χ0n) is 72.4. The number of hydrogen-bond donors (Lipinski definition) is 0. The lowest BCUT2D eigenvalue weighted by molar-refractivity contribution is 0.281. The highest BCUT2D eigenvalue weighted by Gasteiger charge is 2.57. The minimum atomic E-state index is -0.302. The van der Waals surface area contributed by atoms with Crippen molar-refractivity contribution in [3.05, 3.63) is 290 Å². The molecule has 4 heteroatoms. The van der Waals surface area contributed by atoms with E-state index < -0.39 is 0 Å². The van der Waals surface area contributed by atoms with Crippen LogP contribution in [0.1, 0.15) is 477 Å². The van der Waals surface area contributed by atoms with Gasteiger partial charge in [0.05, 0.1) is 26.4 Å². The molecule has 2 unspecified atom stereocenters. The van der Waals surface area contributed by atoms with Gasteiger partial charge < -0.3 is 18.9 Å². The monoisotopic (exact) mass is 1570 g/mol. The molecule has 0 amide bonds. The summed E-state index contributed by atoms with van der Waals surface area (Å²) in [5.41, 5.74) is 33.5. The van der Waals surface area contributed by atoms with E-state index in [0.717, 1.165) is 85.7 Å². The van der Waals surface area contributed by atoms with Gasteiger partial charge in [-0.15, -0.1) is 12.8 Å². The van der Waals surface area contributed by atoms with Crippen LogP contribution < -0.4 is 18.9 Å². The molecule has 0 saturated heterocycles. The van der Waals surface area contributed by atoms with Gasteiger partial charge in [0.1, 0.15) is 23.0 Å². The SMILES string of the molecule is C#Cc1c2c(c(C#C)c3c1[C@H]1c4ccccc4[C@@H]3c3c(OCCCCCCCCCCCC)c4c(c(OCCCCCCCCCCCC)c31)C1c3ccccc3C4c3ccccc31)[C@H]1c3ccccc3[C@@H]2c2cc3c(c(OCCCCCCCCCCCC)c21)C1c2ccccc2C3c2ccc(OCCCCCCCCCCCC)cc21. The summed E-state index contributed by atoms with van der Waals surface area (Å²) in [6.45, 7) is 11.9. The molecule has 8 bridgehead atoms. The Balaban J connectivity index is 0.814. The van der Waals surface area contributed by atoms with Crippen molar-refractivity contribution in [2.24, 2.45) is 0 Å². The third-order valence-corrected chi connectivity index (χ3v) is 29.2. The van der Waals surface area contributed by atoms with Gasteiger partial charge in [-0.25, -0.2) is 0 Å².